The molecule has 56 heavy (non-hydrogen) atoms. The molecule has 3 aromatic rings. The SMILES string of the molecule is O=C(CCOCCOCCOCCNC(=O)COc1ccc2c(c1)OCC(c1ccc(F)cc1)C2=O)NCC(O)Cn1cc[n+](CC(O)([P+](=O)O)P(=O)(O)O)c1. The van der Waals surface area contributed by atoms with Crippen molar-refractivity contribution in [2.24, 2.45) is 0 Å². The summed E-state index contributed by atoms with van der Waals surface area (Å²) in [6, 6.07) is 10.4. The first kappa shape index (κ1) is 44.5. The number of amides is 2. The number of nitrogens with one attached hydrogen (secondary N) is 2. The fourth-order valence-corrected chi connectivity index (χ4v) is 6.76. The van der Waals surface area contributed by atoms with E-state index in [1.165, 1.54) is 35.4 Å². The highest BCUT2D eigenvalue weighted by molar-refractivity contribution is 7.66. The van der Waals surface area contributed by atoms with Gasteiger partial charge in [-0.25, -0.2) is 13.5 Å². The second kappa shape index (κ2) is 21.4. The zero-order chi connectivity index (χ0) is 40.7. The van der Waals surface area contributed by atoms with E-state index in [-0.39, 0.29) is 102 Å². The van der Waals surface area contributed by atoms with Crippen LogP contribution >= 0.6 is 15.6 Å². The Balaban J connectivity index is 0.963. The van der Waals surface area contributed by atoms with Crippen LogP contribution in [0.4, 0.5) is 4.39 Å². The third-order valence-electron chi connectivity index (χ3n) is 8.24. The van der Waals surface area contributed by atoms with Crippen LogP contribution < -0.4 is 24.7 Å². The Hall–Kier alpha value is -4.20. The Morgan fingerprint density at radius 2 is 1.71 bits per heavy atom. The number of fused-ring (bicyclic) bond motifs is 1. The Morgan fingerprint density at radius 1 is 1.04 bits per heavy atom. The highest BCUT2D eigenvalue weighted by Crippen LogP contribution is 2.60. The van der Waals surface area contributed by atoms with Crippen LogP contribution in [0, 0.1) is 5.82 Å². The number of ether oxygens (including phenoxy) is 5. The van der Waals surface area contributed by atoms with Gasteiger partial charge in [0.25, 0.3) is 5.91 Å². The van der Waals surface area contributed by atoms with Gasteiger partial charge in [0.1, 0.15) is 49.0 Å². The van der Waals surface area contributed by atoms with Crippen molar-refractivity contribution in [1.29, 1.82) is 0 Å². The van der Waals surface area contributed by atoms with E-state index in [1.54, 1.807) is 30.3 Å². The lowest BCUT2D eigenvalue weighted by atomic mass is 9.89. The minimum atomic E-state index is -5.35. The highest BCUT2D eigenvalue weighted by Gasteiger charge is 2.65. The van der Waals surface area contributed by atoms with Gasteiger partial charge in [-0.3, -0.25) is 18.9 Å². The van der Waals surface area contributed by atoms with Crippen molar-refractivity contribution >= 4 is 33.2 Å². The van der Waals surface area contributed by atoms with Crippen LogP contribution in [-0.4, -0.2) is 124 Å². The van der Waals surface area contributed by atoms with Crippen molar-refractivity contribution < 1.29 is 81.0 Å². The molecule has 0 fully saturated rings. The summed E-state index contributed by atoms with van der Waals surface area (Å²) in [5.41, 5.74) is 1.04. The van der Waals surface area contributed by atoms with Gasteiger partial charge in [-0.1, -0.05) is 12.1 Å². The van der Waals surface area contributed by atoms with Gasteiger partial charge in [-0.15, -0.1) is 0 Å². The lowest BCUT2D eigenvalue weighted by molar-refractivity contribution is -0.702. The first-order valence-corrected chi connectivity index (χ1v) is 20.1. The van der Waals surface area contributed by atoms with E-state index in [0.717, 1.165) is 4.57 Å². The number of hydrogen-bond donors (Lipinski definition) is 7. The molecule has 0 spiro atoms. The molecule has 2 heterocycles. The van der Waals surface area contributed by atoms with Gasteiger partial charge in [-0.2, -0.15) is 4.89 Å². The molecule has 0 saturated carbocycles. The average Bonchev–Trinajstić information content (AvgIpc) is 3.59. The van der Waals surface area contributed by atoms with Crippen LogP contribution in [0.2, 0.25) is 0 Å². The number of ketones is 1. The molecular weight excluding hydrogens is 785 g/mol. The van der Waals surface area contributed by atoms with Gasteiger partial charge in [0.15, 0.2) is 18.9 Å². The van der Waals surface area contributed by atoms with Crippen LogP contribution in [0.25, 0.3) is 0 Å². The maximum Gasteiger partial charge on any atom is 0.559 e. The van der Waals surface area contributed by atoms with Crippen LogP contribution in [-0.2, 0) is 46.0 Å². The van der Waals surface area contributed by atoms with E-state index in [1.807, 2.05) is 0 Å². The Bertz CT molecular complexity index is 1840. The predicted molar refractivity (Wildman–Crippen MR) is 191 cm³/mol. The van der Waals surface area contributed by atoms with Crippen LogP contribution in [0.3, 0.4) is 0 Å². The number of aliphatic hydroxyl groups excluding tert-OH is 1. The summed E-state index contributed by atoms with van der Waals surface area (Å²) < 4.78 is 66.1. The molecule has 0 bridgehead atoms. The van der Waals surface area contributed by atoms with E-state index in [4.69, 9.17) is 23.7 Å². The number of imidazole rings is 1. The number of aromatic nitrogens is 2. The number of hydrogen-bond acceptors (Lipinski definition) is 12. The van der Waals surface area contributed by atoms with E-state index in [2.05, 4.69) is 10.6 Å². The molecule has 4 atom stereocenters. The number of halogens is 1. The molecule has 22 heteroatoms. The number of nitrogens with zero attached hydrogens (tertiary/aromatic N) is 2. The molecular formula is C34H45FN4O15P2+2. The molecule has 1 aromatic heterocycles. The highest BCUT2D eigenvalue weighted by atomic mass is 31.2. The van der Waals surface area contributed by atoms with Gasteiger partial charge < -0.3 is 54.3 Å². The first-order chi connectivity index (χ1) is 26.7. The molecule has 2 amide bonds. The van der Waals surface area contributed by atoms with Crippen LogP contribution in [0.1, 0.15) is 28.3 Å². The number of carbonyl (C=O) groups excluding carboxylic acids is 3. The fraction of sp³-hybridized carbons (Fsp3) is 0.471. The van der Waals surface area contributed by atoms with Gasteiger partial charge in [-0.05, 0) is 34.4 Å². The Labute approximate surface area is 321 Å². The zero-order valence-corrected chi connectivity index (χ0v) is 31.9. The normalized spacial score (nSPS) is 15.9. The first-order valence-electron chi connectivity index (χ1n) is 17.3. The molecule has 306 valence electrons. The third-order valence-corrected chi connectivity index (χ3v) is 11.4. The molecule has 4 unspecified atom stereocenters. The summed E-state index contributed by atoms with van der Waals surface area (Å²) in [5.74, 6) is -1.11. The third kappa shape index (κ3) is 13.5. The summed E-state index contributed by atoms with van der Waals surface area (Å²) in [5, 5.41) is 22.3. The number of Topliss-reactive ketones (excluding diaryl/α,β-unsaturated/α-hetero) is 1. The molecule has 7 N–H and O–H groups in total. The minimum absolute atomic E-state index is 0.0273. The van der Waals surface area contributed by atoms with Gasteiger partial charge >= 0.3 is 20.7 Å². The van der Waals surface area contributed by atoms with E-state index in [0.29, 0.717) is 22.6 Å². The summed E-state index contributed by atoms with van der Waals surface area (Å²) in [6.07, 6.45) is 2.95. The van der Waals surface area contributed by atoms with Crippen molar-refractivity contribution in [2.45, 2.75) is 36.6 Å². The van der Waals surface area contributed by atoms with Crippen LogP contribution in [0.5, 0.6) is 11.5 Å². The van der Waals surface area contributed by atoms with Crippen molar-refractivity contribution in [3.8, 4) is 11.5 Å². The van der Waals surface area contributed by atoms with E-state index < -0.39 is 39.3 Å². The lowest BCUT2D eigenvalue weighted by Crippen LogP contribution is -2.44. The molecule has 0 saturated heterocycles. The minimum Gasteiger partial charge on any atom is -0.492 e. The largest absolute Gasteiger partial charge is 0.559 e. The second-order valence-electron chi connectivity index (χ2n) is 12.5. The van der Waals surface area contributed by atoms with Crippen molar-refractivity contribution in [3.05, 3.63) is 78.1 Å². The van der Waals surface area contributed by atoms with Crippen molar-refractivity contribution in [3.63, 3.8) is 0 Å². The summed E-state index contributed by atoms with van der Waals surface area (Å²) >= 11 is 0. The van der Waals surface area contributed by atoms with Gasteiger partial charge in [0.2, 0.25) is 12.2 Å². The molecule has 4 rings (SSSR count). The quantitative estimate of drug-likeness (QED) is 0.0355. The average molecular weight is 831 g/mol. The second-order valence-corrected chi connectivity index (χ2v) is 16.0. The topological polar surface area (TPSA) is 266 Å². The summed E-state index contributed by atoms with van der Waals surface area (Å²) in [7, 11) is -8.99. The number of carbonyl (C=O) groups is 3. The predicted octanol–water partition coefficient (Wildman–Crippen LogP) is -0.0557. The van der Waals surface area contributed by atoms with Crippen molar-refractivity contribution in [1.82, 2.24) is 15.2 Å². The molecule has 1 aliphatic rings. The molecule has 1 aliphatic heterocycles. The zero-order valence-electron chi connectivity index (χ0n) is 30.1. The number of rotatable bonds is 24. The Kier molecular flexibility index (Phi) is 17.0. The van der Waals surface area contributed by atoms with Crippen molar-refractivity contribution in [2.75, 3.05) is 65.9 Å². The molecule has 0 aliphatic carbocycles. The maximum atomic E-state index is 13.3. The molecule has 19 nitrogen and oxygen atoms in total. The van der Waals surface area contributed by atoms with Crippen LogP contribution in [0.15, 0.2) is 61.2 Å². The maximum absolute atomic E-state index is 13.3. The fourth-order valence-electron chi connectivity index (χ4n) is 5.24. The lowest BCUT2D eigenvalue weighted by Gasteiger charge is -2.24. The standard InChI is InChI=1S/C34H43FN4O15P2/c35-25-3-1-24(2-4-25)29-20-54-30-17-27(5-6-28(30)33(29)43)53-21-32(42)36-8-12-51-14-16-52-15-13-50-11-7-31(41)37-18-26(40)19-38-9-10-39(23-38)22-34(44,55(45)46)56(47,48)49/h1-6,9-10,17,23,26,29,40,44H,7-8,11-16,18-22H2,(H3-2,36,37,41,42,45,46,47,48,49)/p+2. The monoisotopic (exact) mass is 830 g/mol. The number of benzene rings is 2. The number of aliphatic hydroxyl groups is 2. The Morgan fingerprint density at radius 3 is 2.39 bits per heavy atom. The summed E-state index contributed by atoms with van der Waals surface area (Å²) in [6.45, 7) is 0.462. The van der Waals surface area contributed by atoms with Gasteiger partial charge in [0, 0.05) is 25.6 Å². The van der Waals surface area contributed by atoms with Gasteiger partial charge in [0.05, 0.1) is 51.1 Å². The molecule has 2 aromatic carbocycles. The molecule has 0 radical (unpaired) electrons. The smallest absolute Gasteiger partial charge is 0.492 e. The summed E-state index contributed by atoms with van der Waals surface area (Å²) in [4.78, 5) is 64.9. The van der Waals surface area contributed by atoms with E-state index in [9.17, 15) is 52.8 Å². The van der Waals surface area contributed by atoms with E-state index >= 15 is 0 Å².